The molecule has 2 atom stereocenters. The summed E-state index contributed by atoms with van der Waals surface area (Å²) in [5, 5.41) is 11.5. The first kappa shape index (κ1) is 18.7. The second-order valence-electron chi connectivity index (χ2n) is 4.89. The van der Waals surface area contributed by atoms with Crippen LogP contribution < -0.4 is 5.32 Å². The molecule has 2 aliphatic heterocycles. The lowest BCUT2D eigenvalue weighted by Crippen LogP contribution is -2.70. The van der Waals surface area contributed by atoms with Gasteiger partial charge in [0.05, 0.1) is 6.61 Å². The first-order valence-electron chi connectivity index (χ1n) is 6.44. The number of rotatable bonds is 4. The summed E-state index contributed by atoms with van der Waals surface area (Å²) < 4.78 is 3.12. The number of fused-ring (bicyclic) bond motifs is 1. The zero-order valence-corrected chi connectivity index (χ0v) is 14.9. The van der Waals surface area contributed by atoms with E-state index in [9.17, 15) is 19.5 Å². The lowest BCUT2D eigenvalue weighted by Gasteiger charge is -2.49. The number of carbonyl (C=O) groups is 3. The summed E-state index contributed by atoms with van der Waals surface area (Å²) in [5.41, 5.74) is 0.285. The van der Waals surface area contributed by atoms with Gasteiger partial charge in [-0.1, -0.05) is 34.8 Å². The molecule has 2 heterocycles. The van der Waals surface area contributed by atoms with Gasteiger partial charge >= 0.3 is 5.97 Å². The molecule has 0 bridgehead atoms. The molecule has 11 heteroatoms. The lowest BCUT2D eigenvalue weighted by molar-refractivity contribution is -0.152. The first-order valence-corrected chi connectivity index (χ1v) is 8.62. The number of alkyl halides is 3. The third-order valence-electron chi connectivity index (χ3n) is 3.16. The van der Waals surface area contributed by atoms with Crippen LogP contribution in [0.25, 0.3) is 0 Å². The first-order chi connectivity index (χ1) is 10.7. The number of β-lactam (4-membered cyclic amide) rings is 1. The number of nitrogens with one attached hydrogen (secondary N) is 1. The Kier molecular flexibility index (Phi) is 5.73. The number of esters is 1. The Morgan fingerprint density at radius 2 is 2.13 bits per heavy atom. The van der Waals surface area contributed by atoms with Crippen LogP contribution in [0.1, 0.15) is 6.92 Å². The highest BCUT2D eigenvalue weighted by atomic mass is 35.6. The van der Waals surface area contributed by atoms with Crippen molar-refractivity contribution in [1.29, 1.82) is 0 Å². The fourth-order valence-corrected chi connectivity index (χ4v) is 3.73. The monoisotopic (exact) mass is 402 g/mol. The highest BCUT2D eigenvalue weighted by Gasteiger charge is 2.54. The van der Waals surface area contributed by atoms with Gasteiger partial charge in [0.15, 0.2) is 0 Å². The molecule has 2 rings (SSSR count). The van der Waals surface area contributed by atoms with Crippen molar-refractivity contribution in [2.24, 2.45) is 0 Å². The van der Waals surface area contributed by atoms with Crippen molar-refractivity contribution < 1.29 is 24.2 Å². The van der Waals surface area contributed by atoms with Crippen molar-refractivity contribution in [1.82, 2.24) is 10.2 Å². The zero-order chi connectivity index (χ0) is 17.4. The smallest absolute Gasteiger partial charge is 0.355 e. The van der Waals surface area contributed by atoms with Gasteiger partial charge < -0.3 is 15.2 Å². The van der Waals surface area contributed by atoms with Crippen molar-refractivity contribution in [3.05, 3.63) is 11.3 Å². The molecule has 1 saturated heterocycles. The Morgan fingerprint density at radius 1 is 1.48 bits per heavy atom. The molecule has 2 amide bonds. The van der Waals surface area contributed by atoms with Gasteiger partial charge in [-0.3, -0.25) is 14.5 Å². The van der Waals surface area contributed by atoms with Gasteiger partial charge in [-0.15, -0.1) is 11.8 Å². The topological polar surface area (TPSA) is 95.9 Å². The van der Waals surface area contributed by atoms with Crippen molar-refractivity contribution in [3.63, 3.8) is 0 Å². The minimum Gasteiger partial charge on any atom is -0.456 e. The predicted molar refractivity (Wildman–Crippen MR) is 86.1 cm³/mol. The van der Waals surface area contributed by atoms with Crippen molar-refractivity contribution >= 4 is 64.3 Å². The Labute approximate surface area is 151 Å². The molecule has 0 aliphatic carbocycles. The molecule has 0 aromatic rings. The average molecular weight is 404 g/mol. The van der Waals surface area contributed by atoms with Crippen molar-refractivity contribution in [2.45, 2.75) is 22.1 Å². The van der Waals surface area contributed by atoms with Crippen LogP contribution in [0.3, 0.4) is 0 Å². The largest absolute Gasteiger partial charge is 0.456 e. The van der Waals surface area contributed by atoms with E-state index in [0.717, 1.165) is 0 Å². The van der Waals surface area contributed by atoms with E-state index in [2.05, 4.69) is 5.32 Å². The maximum absolute atomic E-state index is 12.2. The van der Waals surface area contributed by atoms with E-state index in [1.165, 1.54) is 23.6 Å². The van der Waals surface area contributed by atoms with Gasteiger partial charge in [-0.05, 0) is 5.57 Å². The normalized spacial score (nSPS) is 24.0. The summed E-state index contributed by atoms with van der Waals surface area (Å²) in [6.07, 6.45) is 0. The summed E-state index contributed by atoms with van der Waals surface area (Å²) in [7, 11) is 0. The second-order valence-corrected chi connectivity index (χ2v) is 8.51. The van der Waals surface area contributed by atoms with E-state index in [4.69, 9.17) is 39.5 Å². The average Bonchev–Trinajstić information content (AvgIpc) is 2.47. The molecule has 128 valence electrons. The molecular formula is C12H13Cl3N2O5S. The van der Waals surface area contributed by atoms with Crippen LogP contribution in [0.2, 0.25) is 0 Å². The van der Waals surface area contributed by atoms with Crippen LogP contribution in [-0.2, 0) is 19.1 Å². The molecule has 0 saturated carbocycles. The molecule has 7 nitrogen and oxygen atoms in total. The van der Waals surface area contributed by atoms with E-state index in [0.29, 0.717) is 11.3 Å². The third-order valence-corrected chi connectivity index (χ3v) is 4.82. The van der Waals surface area contributed by atoms with E-state index < -0.39 is 40.3 Å². The summed E-state index contributed by atoms with van der Waals surface area (Å²) in [4.78, 5) is 36.8. The standard InChI is InChI=1S/C12H13Cl3N2O5S/c1-5(19)16-7-9(20)17-8(6(2-18)3-23-10(7)17)11(21)22-4-12(13,14)15/h7,10,18H,2-4H2,1H3,(H,16,19)/t7?,10-/m1/s1. The number of aliphatic hydroxyl groups excluding tert-OH is 1. The summed E-state index contributed by atoms with van der Waals surface area (Å²) in [6, 6.07) is -0.714. The molecule has 0 radical (unpaired) electrons. The number of ether oxygens (including phenoxy) is 1. The summed E-state index contributed by atoms with van der Waals surface area (Å²) in [5.74, 6) is -1.34. The number of aliphatic hydroxyl groups is 1. The van der Waals surface area contributed by atoms with E-state index >= 15 is 0 Å². The fraction of sp³-hybridized carbons (Fsp3) is 0.583. The van der Waals surface area contributed by atoms with E-state index in [1.54, 1.807) is 0 Å². The van der Waals surface area contributed by atoms with Crippen LogP contribution in [0.4, 0.5) is 0 Å². The molecule has 1 unspecified atom stereocenters. The molecule has 0 spiro atoms. The molecule has 23 heavy (non-hydrogen) atoms. The molecule has 1 fully saturated rings. The molecule has 2 N–H and O–H groups in total. The third kappa shape index (κ3) is 4.06. The van der Waals surface area contributed by atoms with E-state index in [1.807, 2.05) is 0 Å². The molecule has 2 aliphatic rings. The van der Waals surface area contributed by atoms with Crippen LogP contribution in [0.15, 0.2) is 11.3 Å². The van der Waals surface area contributed by atoms with Gasteiger partial charge in [0.1, 0.15) is 23.7 Å². The Morgan fingerprint density at radius 3 is 2.65 bits per heavy atom. The van der Waals surface area contributed by atoms with Crippen molar-refractivity contribution in [3.8, 4) is 0 Å². The number of hydrogen-bond donors (Lipinski definition) is 2. The second kappa shape index (κ2) is 7.06. The number of halogens is 3. The van der Waals surface area contributed by atoms with Crippen LogP contribution in [-0.4, -0.2) is 62.0 Å². The van der Waals surface area contributed by atoms with Gasteiger partial charge in [0.25, 0.3) is 5.91 Å². The molecule has 0 aromatic heterocycles. The van der Waals surface area contributed by atoms with Gasteiger partial charge in [0.2, 0.25) is 9.70 Å². The van der Waals surface area contributed by atoms with Gasteiger partial charge in [0, 0.05) is 12.7 Å². The highest BCUT2D eigenvalue weighted by molar-refractivity contribution is 8.00. The SMILES string of the molecule is CC(=O)NC1C(=O)N2C(C(=O)OCC(Cl)(Cl)Cl)=C(CO)CS[C@H]12. The highest BCUT2D eigenvalue weighted by Crippen LogP contribution is 2.40. The predicted octanol–water partition coefficient (Wildman–Crippen LogP) is 0.566. The van der Waals surface area contributed by atoms with Crippen LogP contribution >= 0.6 is 46.6 Å². The van der Waals surface area contributed by atoms with Gasteiger partial charge in [-0.25, -0.2) is 4.79 Å². The Bertz CT molecular complexity index is 578. The Balaban J connectivity index is 2.18. The lowest BCUT2D eigenvalue weighted by atomic mass is 10.0. The Hall–Kier alpha value is -0.670. The number of thioether (sulfide) groups is 1. The fourth-order valence-electron chi connectivity index (χ4n) is 2.23. The minimum absolute atomic E-state index is 0.0582. The summed E-state index contributed by atoms with van der Waals surface area (Å²) in [6.45, 7) is 0.398. The quantitative estimate of drug-likeness (QED) is 0.405. The zero-order valence-electron chi connectivity index (χ0n) is 11.8. The molecular weight excluding hydrogens is 391 g/mol. The minimum atomic E-state index is -1.78. The maximum Gasteiger partial charge on any atom is 0.355 e. The van der Waals surface area contributed by atoms with E-state index in [-0.39, 0.29) is 11.6 Å². The maximum atomic E-state index is 12.2. The molecule has 0 aromatic carbocycles. The van der Waals surface area contributed by atoms with Gasteiger partial charge in [-0.2, -0.15) is 0 Å². The van der Waals surface area contributed by atoms with Crippen LogP contribution in [0, 0.1) is 0 Å². The number of hydrogen-bond acceptors (Lipinski definition) is 6. The van der Waals surface area contributed by atoms with Crippen molar-refractivity contribution in [2.75, 3.05) is 19.0 Å². The number of amides is 2. The van der Waals surface area contributed by atoms with Crippen LogP contribution in [0.5, 0.6) is 0 Å². The number of nitrogens with zero attached hydrogens (tertiary/aromatic N) is 1. The number of carbonyl (C=O) groups excluding carboxylic acids is 3. The summed E-state index contributed by atoms with van der Waals surface area (Å²) >= 11 is 17.9.